The first-order chi connectivity index (χ1) is 12.6. The van der Waals surface area contributed by atoms with E-state index in [-0.39, 0.29) is 17.0 Å². The molecule has 0 bridgehead atoms. The van der Waals surface area contributed by atoms with E-state index in [9.17, 15) is 35.0 Å². The summed E-state index contributed by atoms with van der Waals surface area (Å²) < 4.78 is 21.5. The van der Waals surface area contributed by atoms with Gasteiger partial charge >= 0.3 is 7.82 Å². The molecule has 6 atom stereocenters. The second-order valence-electron chi connectivity index (χ2n) is 5.27. The van der Waals surface area contributed by atoms with Gasteiger partial charge in [-0.25, -0.2) is 24.0 Å². The molecular weight excluding hydrogens is 393 g/mol. The van der Waals surface area contributed by atoms with E-state index >= 15 is 0 Å². The summed E-state index contributed by atoms with van der Waals surface area (Å²) in [6, 6.07) is 0. The van der Waals surface area contributed by atoms with Gasteiger partial charge in [0.1, 0.15) is 37.1 Å². The average Bonchev–Trinajstić information content (AvgIpc) is 3.02. The number of aliphatic hydroxyl groups excluding tert-OH is 6. The van der Waals surface area contributed by atoms with Crippen molar-refractivity contribution in [2.24, 2.45) is 0 Å². The first kappa shape index (κ1) is 21.4. The van der Waals surface area contributed by atoms with Gasteiger partial charge in [-0.05, 0) is 0 Å². The van der Waals surface area contributed by atoms with Crippen molar-refractivity contribution in [2.75, 3.05) is 12.3 Å². The molecule has 0 saturated carbocycles. The average molecular weight is 411 g/mol. The normalized spacial score (nSPS) is 19.8. The molecule has 2 rings (SSSR count). The Bertz CT molecular complexity index is 820. The summed E-state index contributed by atoms with van der Waals surface area (Å²) in [6.07, 6.45) is -9.08. The molecule has 0 aliphatic carbocycles. The standard InChI is InChI=1S/C11H18N5O10P/c12-9-5-10(14-2-13-9)16(3-15-5)26-27(23,24)25-11(22)8(21)7(20)6(19)4(18)1-17/h2-4,6-8,11,17-22H,1H2,(H,23,24)(H2,12,13,14)/t4-,6-,7+,8+,11?/m1/s1. The zero-order valence-electron chi connectivity index (χ0n) is 13.4. The molecule has 0 aromatic carbocycles. The van der Waals surface area contributed by atoms with E-state index in [1.54, 1.807) is 0 Å². The van der Waals surface area contributed by atoms with Crippen LogP contribution in [0.3, 0.4) is 0 Å². The third-order valence-electron chi connectivity index (χ3n) is 3.34. The zero-order chi connectivity index (χ0) is 20.4. The van der Waals surface area contributed by atoms with Crippen molar-refractivity contribution in [1.82, 2.24) is 19.7 Å². The van der Waals surface area contributed by atoms with Gasteiger partial charge < -0.3 is 41.0 Å². The Balaban J connectivity index is 2.08. The lowest BCUT2D eigenvalue weighted by Gasteiger charge is -2.28. The predicted molar refractivity (Wildman–Crippen MR) is 84.3 cm³/mol. The largest absolute Gasteiger partial charge is 0.549 e. The van der Waals surface area contributed by atoms with Crippen LogP contribution in [0, 0.1) is 0 Å². The molecule has 2 aromatic heterocycles. The number of phosphoric acid groups is 1. The van der Waals surface area contributed by atoms with Gasteiger partial charge in [0.15, 0.2) is 17.6 Å². The minimum absolute atomic E-state index is 0.0361. The van der Waals surface area contributed by atoms with Crippen LogP contribution < -0.4 is 10.4 Å². The summed E-state index contributed by atoms with van der Waals surface area (Å²) in [6.45, 7) is -0.956. The molecule has 9 N–H and O–H groups in total. The monoisotopic (exact) mass is 411 g/mol. The van der Waals surface area contributed by atoms with Gasteiger partial charge in [0.25, 0.3) is 0 Å². The zero-order valence-corrected chi connectivity index (χ0v) is 14.3. The topological polar surface area (TPSA) is 247 Å². The van der Waals surface area contributed by atoms with E-state index in [2.05, 4.69) is 24.1 Å². The number of anilines is 1. The van der Waals surface area contributed by atoms with E-state index in [4.69, 9.17) is 10.8 Å². The van der Waals surface area contributed by atoms with Crippen molar-refractivity contribution in [3.63, 3.8) is 0 Å². The highest BCUT2D eigenvalue weighted by molar-refractivity contribution is 7.47. The maximum atomic E-state index is 12.0. The van der Waals surface area contributed by atoms with Crippen LogP contribution >= 0.6 is 7.82 Å². The number of aromatic nitrogens is 4. The van der Waals surface area contributed by atoms with Crippen LogP contribution in [0.15, 0.2) is 12.7 Å². The number of hydrogen-bond donors (Lipinski definition) is 8. The second kappa shape index (κ2) is 8.39. The van der Waals surface area contributed by atoms with E-state index in [1.165, 1.54) is 0 Å². The predicted octanol–water partition coefficient (Wildman–Crippen LogP) is -4.29. The summed E-state index contributed by atoms with van der Waals surface area (Å²) in [5, 5.41) is 56.3. The SMILES string of the molecule is Nc1ncnc2c1ncn2OP(=O)(O)OC(O)[C@@H](O)[C@@H](O)[C@H](O)[C@H](O)CO. The number of nitrogens with two attached hydrogens (primary N) is 1. The number of nitrogen functional groups attached to an aromatic ring is 1. The van der Waals surface area contributed by atoms with Crippen LogP contribution in [-0.4, -0.2) is 92.5 Å². The van der Waals surface area contributed by atoms with Crippen molar-refractivity contribution in [3.05, 3.63) is 12.7 Å². The molecule has 27 heavy (non-hydrogen) atoms. The Morgan fingerprint density at radius 2 is 1.78 bits per heavy atom. The molecule has 0 aliphatic heterocycles. The fourth-order valence-corrected chi connectivity index (χ4v) is 2.71. The molecule has 152 valence electrons. The van der Waals surface area contributed by atoms with E-state index in [0.29, 0.717) is 4.73 Å². The van der Waals surface area contributed by atoms with Crippen molar-refractivity contribution in [1.29, 1.82) is 0 Å². The maximum Gasteiger partial charge on any atom is 0.549 e. The Morgan fingerprint density at radius 1 is 1.11 bits per heavy atom. The summed E-state index contributed by atoms with van der Waals surface area (Å²) in [5.41, 5.74) is 5.49. The van der Waals surface area contributed by atoms with E-state index < -0.39 is 45.1 Å². The van der Waals surface area contributed by atoms with Crippen LogP contribution in [0.5, 0.6) is 0 Å². The fraction of sp³-hybridized carbons (Fsp3) is 0.545. The molecule has 2 heterocycles. The van der Waals surface area contributed by atoms with E-state index in [0.717, 1.165) is 12.7 Å². The Labute approximate surface area is 150 Å². The molecule has 0 saturated heterocycles. The number of fused-ring (bicyclic) bond motifs is 1. The highest BCUT2D eigenvalue weighted by atomic mass is 31.2. The van der Waals surface area contributed by atoms with Gasteiger partial charge in [0.05, 0.1) is 6.61 Å². The minimum Gasteiger partial charge on any atom is -0.394 e. The molecule has 0 amide bonds. The lowest BCUT2D eigenvalue weighted by Crippen LogP contribution is -2.50. The van der Waals surface area contributed by atoms with Gasteiger partial charge in [0, 0.05) is 0 Å². The molecule has 2 aromatic rings. The smallest absolute Gasteiger partial charge is 0.394 e. The highest BCUT2D eigenvalue weighted by Crippen LogP contribution is 2.41. The Morgan fingerprint density at radius 3 is 2.41 bits per heavy atom. The van der Waals surface area contributed by atoms with Crippen LogP contribution in [0.2, 0.25) is 0 Å². The molecule has 15 nitrogen and oxygen atoms in total. The van der Waals surface area contributed by atoms with Crippen LogP contribution in [0.1, 0.15) is 0 Å². The third kappa shape index (κ3) is 4.86. The summed E-state index contributed by atoms with van der Waals surface area (Å²) in [4.78, 5) is 20.9. The second-order valence-corrected chi connectivity index (χ2v) is 6.58. The first-order valence-electron chi connectivity index (χ1n) is 7.23. The molecular formula is C11H18N5O10P. The summed E-state index contributed by atoms with van der Waals surface area (Å²) in [7, 11) is -5.10. The molecule has 16 heteroatoms. The van der Waals surface area contributed by atoms with Crippen LogP contribution in [0.25, 0.3) is 11.2 Å². The summed E-state index contributed by atoms with van der Waals surface area (Å²) >= 11 is 0. The maximum absolute atomic E-state index is 12.0. The molecule has 0 radical (unpaired) electrons. The number of nitrogens with zero attached hydrogens (tertiary/aromatic N) is 4. The number of phosphoric ester groups is 1. The van der Waals surface area contributed by atoms with Crippen LogP contribution in [0.4, 0.5) is 5.82 Å². The molecule has 0 aliphatic rings. The van der Waals surface area contributed by atoms with Gasteiger partial charge in [-0.3, -0.25) is 4.89 Å². The summed E-state index contributed by atoms with van der Waals surface area (Å²) in [5.74, 6) is -0.0361. The van der Waals surface area contributed by atoms with Gasteiger partial charge in [-0.2, -0.15) is 0 Å². The molecule has 0 fully saturated rings. The fourth-order valence-electron chi connectivity index (χ4n) is 1.93. The van der Waals surface area contributed by atoms with Crippen molar-refractivity contribution in [2.45, 2.75) is 30.7 Å². The minimum atomic E-state index is -5.10. The van der Waals surface area contributed by atoms with Gasteiger partial charge in [-0.1, -0.05) is 0 Å². The lowest BCUT2D eigenvalue weighted by molar-refractivity contribution is -0.186. The Hall–Kier alpha value is -1.94. The quantitative estimate of drug-likeness (QED) is 0.144. The lowest BCUT2D eigenvalue weighted by atomic mass is 10.0. The first-order valence-corrected chi connectivity index (χ1v) is 8.73. The van der Waals surface area contributed by atoms with Crippen molar-refractivity contribution >= 4 is 24.8 Å². The van der Waals surface area contributed by atoms with Gasteiger partial charge in [-0.15, -0.1) is 4.73 Å². The number of hydrogen-bond acceptors (Lipinski definition) is 13. The number of imidazole rings is 1. The highest BCUT2D eigenvalue weighted by Gasteiger charge is 2.39. The van der Waals surface area contributed by atoms with Gasteiger partial charge in [0.2, 0.25) is 5.65 Å². The molecule has 0 spiro atoms. The molecule has 2 unspecified atom stereocenters. The number of rotatable bonds is 9. The third-order valence-corrected chi connectivity index (χ3v) is 4.20. The van der Waals surface area contributed by atoms with E-state index in [1.807, 2.05) is 0 Å². The van der Waals surface area contributed by atoms with Crippen LogP contribution in [-0.2, 0) is 9.09 Å². The number of aliphatic hydroxyl groups is 6. The van der Waals surface area contributed by atoms with Crippen molar-refractivity contribution < 1.29 is 49.2 Å². The Kier molecular flexibility index (Phi) is 6.63. The van der Waals surface area contributed by atoms with Crippen molar-refractivity contribution in [3.8, 4) is 0 Å².